The molecule has 1 aliphatic heterocycles. The van der Waals surface area contributed by atoms with Crippen LogP contribution in [0, 0.1) is 5.41 Å². The maximum absolute atomic E-state index is 12.6. The number of nitrogens with one attached hydrogen (secondary N) is 2. The van der Waals surface area contributed by atoms with Gasteiger partial charge in [-0.15, -0.1) is 0 Å². The summed E-state index contributed by atoms with van der Waals surface area (Å²) >= 11 is 0. The normalized spacial score (nSPS) is 29.6. The molecule has 0 radical (unpaired) electrons. The summed E-state index contributed by atoms with van der Waals surface area (Å²) in [4.78, 5) is 26.7. The standard InChI is InChI=1S/C25H26N4O2/c30-23-21-9-5-4-8-20(21)22(27-28-23)17-11-25(12-17)13-19(14-25)29-15-18(26-24(29)31)10-16-6-2-1-3-7-16/h1-9,17-19H,10-15H2,(H,26,31)(H,28,30)/t17-,18-,19-,25?/m0/s1. The first-order valence-corrected chi connectivity index (χ1v) is 11.2. The molecule has 31 heavy (non-hydrogen) atoms. The number of urea groups is 1. The Hall–Kier alpha value is -3.15. The van der Waals surface area contributed by atoms with Gasteiger partial charge in [-0.05, 0) is 49.1 Å². The van der Waals surface area contributed by atoms with Gasteiger partial charge in [0.25, 0.3) is 5.56 Å². The Balaban J connectivity index is 1.08. The number of aromatic nitrogens is 2. The van der Waals surface area contributed by atoms with Crippen LogP contribution in [0.25, 0.3) is 10.8 Å². The second-order valence-corrected chi connectivity index (χ2v) is 9.64. The van der Waals surface area contributed by atoms with Gasteiger partial charge in [-0.3, -0.25) is 4.79 Å². The summed E-state index contributed by atoms with van der Waals surface area (Å²) in [5, 5.41) is 11.9. The SMILES string of the molecule is O=C1N[C@@H](Cc2ccccc2)CN1[C@H]1CC2(C[C@H](c3n[nH]c(=O)c4ccccc43)C2)C1. The third-order valence-corrected chi connectivity index (χ3v) is 7.58. The van der Waals surface area contributed by atoms with E-state index in [2.05, 4.69) is 32.5 Å². The van der Waals surface area contributed by atoms with Crippen molar-refractivity contribution in [2.45, 2.75) is 50.1 Å². The lowest BCUT2D eigenvalue weighted by Crippen LogP contribution is -2.56. The van der Waals surface area contributed by atoms with Crippen LogP contribution in [0.1, 0.15) is 42.9 Å². The number of rotatable bonds is 4. The molecule has 6 rings (SSSR count). The van der Waals surface area contributed by atoms with E-state index in [-0.39, 0.29) is 17.6 Å². The van der Waals surface area contributed by atoms with Crippen LogP contribution in [-0.2, 0) is 6.42 Å². The van der Waals surface area contributed by atoms with Gasteiger partial charge in [-0.2, -0.15) is 5.10 Å². The highest BCUT2D eigenvalue weighted by Gasteiger charge is 2.56. The summed E-state index contributed by atoms with van der Waals surface area (Å²) in [5.41, 5.74) is 2.50. The van der Waals surface area contributed by atoms with Crippen LogP contribution in [0.4, 0.5) is 4.79 Å². The van der Waals surface area contributed by atoms with E-state index in [1.165, 1.54) is 5.56 Å². The van der Waals surface area contributed by atoms with Crippen molar-refractivity contribution < 1.29 is 4.79 Å². The molecular formula is C25H26N4O2. The quantitative estimate of drug-likeness (QED) is 0.685. The molecule has 2 aromatic carbocycles. The van der Waals surface area contributed by atoms with E-state index in [0.29, 0.717) is 17.4 Å². The molecule has 3 fully saturated rings. The molecule has 2 aliphatic carbocycles. The van der Waals surface area contributed by atoms with Crippen LogP contribution < -0.4 is 10.9 Å². The van der Waals surface area contributed by atoms with Crippen LogP contribution in [0.5, 0.6) is 0 Å². The van der Waals surface area contributed by atoms with Gasteiger partial charge in [0.05, 0.1) is 17.1 Å². The predicted octanol–water partition coefficient (Wildman–Crippen LogP) is 3.59. The molecule has 6 heteroatoms. The number of benzene rings is 2. The number of nitrogens with zero attached hydrogens (tertiary/aromatic N) is 2. The van der Waals surface area contributed by atoms with E-state index in [9.17, 15) is 9.59 Å². The third kappa shape index (κ3) is 3.12. The molecular weight excluding hydrogens is 388 g/mol. The van der Waals surface area contributed by atoms with Gasteiger partial charge in [0.1, 0.15) is 0 Å². The summed E-state index contributed by atoms with van der Waals surface area (Å²) in [5.74, 6) is 0.390. The monoisotopic (exact) mass is 414 g/mol. The fourth-order valence-corrected chi connectivity index (χ4v) is 6.07. The molecule has 158 valence electrons. The van der Waals surface area contributed by atoms with Crippen molar-refractivity contribution in [3.05, 3.63) is 76.2 Å². The summed E-state index contributed by atoms with van der Waals surface area (Å²) in [6.07, 6.45) is 5.23. The fraction of sp³-hybridized carbons (Fsp3) is 0.400. The molecule has 0 bridgehead atoms. The molecule has 0 unspecified atom stereocenters. The van der Waals surface area contributed by atoms with Crippen LogP contribution in [0.15, 0.2) is 59.4 Å². The number of fused-ring (bicyclic) bond motifs is 1. The van der Waals surface area contributed by atoms with Crippen LogP contribution in [0.3, 0.4) is 0 Å². The minimum atomic E-state index is -0.123. The third-order valence-electron chi connectivity index (χ3n) is 7.58. The van der Waals surface area contributed by atoms with Crippen LogP contribution >= 0.6 is 0 Å². The van der Waals surface area contributed by atoms with Crippen molar-refractivity contribution in [3.8, 4) is 0 Å². The van der Waals surface area contributed by atoms with Crippen molar-refractivity contribution in [3.63, 3.8) is 0 Å². The molecule has 1 aromatic heterocycles. The van der Waals surface area contributed by atoms with Gasteiger partial charge in [-0.25, -0.2) is 9.89 Å². The van der Waals surface area contributed by atoms with Crippen LogP contribution in [0.2, 0.25) is 0 Å². The van der Waals surface area contributed by atoms with E-state index < -0.39 is 0 Å². The summed E-state index contributed by atoms with van der Waals surface area (Å²) < 4.78 is 0. The van der Waals surface area contributed by atoms with E-state index in [1.54, 1.807) is 0 Å². The Morgan fingerprint density at radius 1 is 0.935 bits per heavy atom. The summed E-state index contributed by atoms with van der Waals surface area (Å²) in [7, 11) is 0. The van der Waals surface area contributed by atoms with Gasteiger partial charge >= 0.3 is 6.03 Å². The zero-order valence-electron chi connectivity index (χ0n) is 17.4. The average Bonchev–Trinajstić information content (AvgIpc) is 3.08. The van der Waals surface area contributed by atoms with E-state index >= 15 is 0 Å². The summed E-state index contributed by atoms with van der Waals surface area (Å²) in [6.45, 7) is 0.796. The van der Waals surface area contributed by atoms with Crippen molar-refractivity contribution in [1.29, 1.82) is 0 Å². The number of hydrogen-bond acceptors (Lipinski definition) is 3. The average molecular weight is 415 g/mol. The van der Waals surface area contributed by atoms with Gasteiger partial charge < -0.3 is 10.2 Å². The first-order valence-electron chi connectivity index (χ1n) is 11.2. The highest BCUT2D eigenvalue weighted by Crippen LogP contribution is 2.63. The van der Waals surface area contributed by atoms with E-state index in [1.807, 2.05) is 42.5 Å². The van der Waals surface area contributed by atoms with Crippen molar-refractivity contribution in [1.82, 2.24) is 20.4 Å². The van der Waals surface area contributed by atoms with Crippen molar-refractivity contribution >= 4 is 16.8 Å². The first kappa shape index (κ1) is 18.6. The maximum Gasteiger partial charge on any atom is 0.318 e. The van der Waals surface area contributed by atoms with Gasteiger partial charge in [0.15, 0.2) is 0 Å². The fourth-order valence-electron chi connectivity index (χ4n) is 6.07. The zero-order chi connectivity index (χ0) is 21.0. The maximum atomic E-state index is 12.6. The second kappa shape index (κ2) is 6.94. The molecule has 1 saturated heterocycles. The van der Waals surface area contributed by atoms with Gasteiger partial charge in [0, 0.05) is 23.9 Å². The molecule has 1 atom stereocenters. The summed E-state index contributed by atoms with van der Waals surface area (Å²) in [6, 6.07) is 18.7. The van der Waals surface area contributed by atoms with E-state index in [4.69, 9.17) is 0 Å². The Morgan fingerprint density at radius 3 is 2.42 bits per heavy atom. The minimum absolute atomic E-state index is 0.0879. The first-order chi connectivity index (χ1) is 15.1. The molecule has 1 spiro atoms. The second-order valence-electron chi connectivity index (χ2n) is 9.64. The molecule has 6 nitrogen and oxygen atoms in total. The number of H-pyrrole nitrogens is 1. The smallest absolute Gasteiger partial charge is 0.318 e. The lowest BCUT2D eigenvalue weighted by molar-refractivity contribution is -0.0515. The Bertz CT molecular complexity index is 1190. The van der Waals surface area contributed by atoms with Crippen molar-refractivity contribution in [2.75, 3.05) is 6.54 Å². The number of hydrogen-bond donors (Lipinski definition) is 2. The predicted molar refractivity (Wildman–Crippen MR) is 119 cm³/mol. The lowest BCUT2D eigenvalue weighted by atomic mass is 9.49. The number of carbonyl (C=O) groups is 1. The Kier molecular flexibility index (Phi) is 4.16. The molecule has 2 N–H and O–H groups in total. The van der Waals surface area contributed by atoms with Crippen molar-refractivity contribution in [2.24, 2.45) is 5.41 Å². The molecule has 2 saturated carbocycles. The highest BCUT2D eigenvalue weighted by molar-refractivity contribution is 5.84. The molecule has 3 aromatic rings. The topological polar surface area (TPSA) is 78.1 Å². The molecule has 2 heterocycles. The molecule has 2 amide bonds. The van der Waals surface area contributed by atoms with Gasteiger partial charge in [-0.1, -0.05) is 48.5 Å². The number of amides is 2. The van der Waals surface area contributed by atoms with E-state index in [0.717, 1.165) is 55.1 Å². The Morgan fingerprint density at radius 2 is 1.65 bits per heavy atom. The molecule has 3 aliphatic rings. The minimum Gasteiger partial charge on any atom is -0.333 e. The zero-order valence-corrected chi connectivity index (χ0v) is 17.4. The highest BCUT2D eigenvalue weighted by atomic mass is 16.2. The Labute approximate surface area is 180 Å². The number of carbonyl (C=O) groups excluding carboxylic acids is 1. The van der Waals surface area contributed by atoms with Crippen LogP contribution in [-0.4, -0.2) is 39.8 Å². The largest absolute Gasteiger partial charge is 0.333 e. The number of aromatic amines is 1. The van der Waals surface area contributed by atoms with Gasteiger partial charge in [0.2, 0.25) is 0 Å². The lowest BCUT2D eigenvalue weighted by Gasteiger charge is -2.59.